The number of hydrogen-bond donors (Lipinski definition) is 4. The molecule has 76 valence electrons. The lowest BCUT2D eigenvalue weighted by Gasteiger charge is -2.39. The molecule has 4 nitrogen and oxygen atoms in total. The van der Waals surface area contributed by atoms with Crippen molar-refractivity contribution in [2.24, 2.45) is 23.0 Å². The van der Waals surface area contributed by atoms with E-state index in [-0.39, 0.29) is 31.1 Å². The predicted octanol–water partition coefficient (Wildman–Crippen LogP) is -1.31. The van der Waals surface area contributed by atoms with E-state index in [1.165, 1.54) is 0 Å². The molecule has 0 heterocycles. The normalized spacial score (nSPS) is 47.1. The fourth-order valence-corrected chi connectivity index (χ4v) is 3.12. The predicted molar refractivity (Wildman–Crippen MR) is 46.8 cm³/mol. The van der Waals surface area contributed by atoms with Gasteiger partial charge >= 0.3 is 0 Å². The Morgan fingerprint density at radius 3 is 2.31 bits per heavy atom. The summed E-state index contributed by atoms with van der Waals surface area (Å²) in [5.41, 5.74) is 5.39. The maximum Gasteiger partial charge on any atom is 0.0722 e. The van der Waals surface area contributed by atoms with Crippen molar-refractivity contribution in [1.82, 2.24) is 0 Å². The molecule has 0 aromatic rings. The van der Waals surface area contributed by atoms with Gasteiger partial charge in [-0.25, -0.2) is 0 Å². The largest absolute Gasteiger partial charge is 0.396 e. The molecule has 0 spiro atoms. The van der Waals surface area contributed by atoms with Gasteiger partial charge < -0.3 is 21.1 Å². The van der Waals surface area contributed by atoms with Gasteiger partial charge in [0, 0.05) is 11.5 Å². The first-order valence-corrected chi connectivity index (χ1v) is 4.80. The van der Waals surface area contributed by atoms with Crippen LogP contribution in [0.4, 0.5) is 0 Å². The molecule has 2 aliphatic carbocycles. The fraction of sp³-hybridized carbons (Fsp3) is 1.00. The fourth-order valence-electron chi connectivity index (χ4n) is 3.12. The van der Waals surface area contributed by atoms with Crippen LogP contribution in [0.2, 0.25) is 0 Å². The van der Waals surface area contributed by atoms with Gasteiger partial charge in [0.15, 0.2) is 0 Å². The molecular formula is C9H17NO3. The van der Waals surface area contributed by atoms with Gasteiger partial charge in [0.25, 0.3) is 0 Å². The molecule has 13 heavy (non-hydrogen) atoms. The highest BCUT2D eigenvalue weighted by Crippen LogP contribution is 2.54. The molecule has 2 fully saturated rings. The molecule has 0 amide bonds. The number of nitrogens with two attached hydrogens (primary N) is 1. The minimum absolute atomic E-state index is 0.0227. The standard InChI is InChI=1S/C9H17NO3/c10-7-6-1-5(8(7)13)2-9(6,3-11)4-12/h5-8,11-13H,1-4,10H2. The molecule has 2 rings (SSSR count). The second-order valence-electron chi connectivity index (χ2n) is 4.55. The number of aliphatic hydroxyl groups excluding tert-OH is 3. The summed E-state index contributed by atoms with van der Waals surface area (Å²) >= 11 is 0. The quantitative estimate of drug-likeness (QED) is 0.432. The van der Waals surface area contributed by atoms with Gasteiger partial charge in [-0.05, 0) is 24.7 Å². The van der Waals surface area contributed by atoms with Crippen molar-refractivity contribution < 1.29 is 15.3 Å². The van der Waals surface area contributed by atoms with E-state index in [9.17, 15) is 15.3 Å². The monoisotopic (exact) mass is 187 g/mol. The summed E-state index contributed by atoms with van der Waals surface area (Å²) in [6.07, 6.45) is 1.12. The zero-order chi connectivity index (χ0) is 9.64. The van der Waals surface area contributed by atoms with Gasteiger partial charge in [-0.15, -0.1) is 0 Å². The number of hydrogen-bond acceptors (Lipinski definition) is 4. The third-order valence-electron chi connectivity index (χ3n) is 3.98. The highest BCUT2D eigenvalue weighted by molar-refractivity contribution is 5.09. The molecule has 4 atom stereocenters. The summed E-state index contributed by atoms with van der Waals surface area (Å²) in [5, 5.41) is 28.1. The Hall–Kier alpha value is -0.160. The van der Waals surface area contributed by atoms with Gasteiger partial charge in [-0.2, -0.15) is 0 Å². The Bertz CT molecular complexity index is 203. The molecule has 0 radical (unpaired) electrons. The zero-order valence-corrected chi connectivity index (χ0v) is 7.56. The number of fused-ring (bicyclic) bond motifs is 2. The van der Waals surface area contributed by atoms with Gasteiger partial charge in [-0.1, -0.05) is 0 Å². The van der Waals surface area contributed by atoms with Crippen LogP contribution in [0.3, 0.4) is 0 Å². The van der Waals surface area contributed by atoms with Crippen LogP contribution in [0.15, 0.2) is 0 Å². The van der Waals surface area contributed by atoms with Crippen LogP contribution in [0.1, 0.15) is 12.8 Å². The van der Waals surface area contributed by atoms with E-state index < -0.39 is 11.5 Å². The molecule has 2 aliphatic rings. The van der Waals surface area contributed by atoms with Crippen LogP contribution in [-0.4, -0.2) is 40.7 Å². The molecule has 4 unspecified atom stereocenters. The second-order valence-corrected chi connectivity index (χ2v) is 4.55. The highest BCUT2D eigenvalue weighted by Gasteiger charge is 2.58. The number of rotatable bonds is 2. The van der Waals surface area contributed by atoms with Crippen LogP contribution in [-0.2, 0) is 0 Å². The van der Waals surface area contributed by atoms with E-state index in [4.69, 9.17) is 5.73 Å². The van der Waals surface area contributed by atoms with Crippen molar-refractivity contribution in [2.45, 2.75) is 25.0 Å². The zero-order valence-electron chi connectivity index (χ0n) is 7.56. The lowest BCUT2D eigenvalue weighted by Crippen LogP contribution is -2.51. The van der Waals surface area contributed by atoms with Crippen LogP contribution < -0.4 is 5.73 Å². The Labute approximate surface area is 77.4 Å². The summed E-state index contributed by atoms with van der Waals surface area (Å²) in [6.45, 7) is -0.0455. The molecular weight excluding hydrogens is 170 g/mol. The van der Waals surface area contributed by atoms with E-state index in [1.807, 2.05) is 0 Å². The minimum atomic E-state index is -0.434. The third kappa shape index (κ3) is 1.06. The summed E-state index contributed by atoms with van der Waals surface area (Å²) in [5.74, 6) is 0.266. The first kappa shape index (κ1) is 9.40. The smallest absolute Gasteiger partial charge is 0.0722 e. The van der Waals surface area contributed by atoms with Crippen molar-refractivity contribution in [3.05, 3.63) is 0 Å². The number of aliphatic hydroxyl groups is 3. The van der Waals surface area contributed by atoms with E-state index in [0.29, 0.717) is 6.42 Å². The molecule has 2 saturated carbocycles. The van der Waals surface area contributed by atoms with Crippen LogP contribution >= 0.6 is 0 Å². The second kappa shape index (κ2) is 2.92. The Kier molecular flexibility index (Phi) is 2.11. The van der Waals surface area contributed by atoms with E-state index in [1.54, 1.807) is 0 Å². The van der Waals surface area contributed by atoms with E-state index in [0.717, 1.165) is 6.42 Å². The SMILES string of the molecule is NC1C(O)C2CC1C(CO)(CO)C2. The average molecular weight is 187 g/mol. The van der Waals surface area contributed by atoms with Gasteiger partial charge in [0.2, 0.25) is 0 Å². The van der Waals surface area contributed by atoms with Crippen LogP contribution in [0, 0.1) is 17.3 Å². The molecule has 0 aromatic carbocycles. The van der Waals surface area contributed by atoms with Crippen molar-refractivity contribution in [3.8, 4) is 0 Å². The Morgan fingerprint density at radius 1 is 1.31 bits per heavy atom. The minimum Gasteiger partial charge on any atom is -0.396 e. The molecule has 4 heteroatoms. The maximum absolute atomic E-state index is 9.62. The molecule has 5 N–H and O–H groups in total. The lowest BCUT2D eigenvalue weighted by molar-refractivity contribution is -0.0338. The Balaban J connectivity index is 2.21. The van der Waals surface area contributed by atoms with Crippen molar-refractivity contribution >= 4 is 0 Å². The van der Waals surface area contributed by atoms with E-state index in [2.05, 4.69) is 0 Å². The maximum atomic E-state index is 9.62. The highest BCUT2D eigenvalue weighted by atomic mass is 16.3. The van der Waals surface area contributed by atoms with E-state index >= 15 is 0 Å². The summed E-state index contributed by atoms with van der Waals surface area (Å²) in [4.78, 5) is 0. The average Bonchev–Trinajstić information content (AvgIpc) is 2.65. The van der Waals surface area contributed by atoms with Crippen molar-refractivity contribution in [1.29, 1.82) is 0 Å². The first-order valence-electron chi connectivity index (χ1n) is 4.80. The molecule has 2 bridgehead atoms. The molecule has 0 aromatic heterocycles. The summed E-state index contributed by atoms with van der Waals surface area (Å²) in [6, 6.07) is -0.266. The van der Waals surface area contributed by atoms with Crippen LogP contribution in [0.5, 0.6) is 0 Å². The van der Waals surface area contributed by atoms with Crippen LogP contribution in [0.25, 0.3) is 0 Å². The summed E-state index contributed by atoms with van der Waals surface area (Å²) < 4.78 is 0. The van der Waals surface area contributed by atoms with Gasteiger partial charge in [0.05, 0.1) is 19.3 Å². The van der Waals surface area contributed by atoms with Crippen molar-refractivity contribution in [2.75, 3.05) is 13.2 Å². The summed E-state index contributed by atoms with van der Waals surface area (Å²) in [7, 11) is 0. The lowest BCUT2D eigenvalue weighted by atomic mass is 9.71. The topological polar surface area (TPSA) is 86.7 Å². The Morgan fingerprint density at radius 2 is 1.92 bits per heavy atom. The molecule has 0 saturated heterocycles. The van der Waals surface area contributed by atoms with Gasteiger partial charge in [0.1, 0.15) is 0 Å². The van der Waals surface area contributed by atoms with Crippen molar-refractivity contribution in [3.63, 3.8) is 0 Å². The molecule has 0 aliphatic heterocycles. The first-order chi connectivity index (χ1) is 6.14. The van der Waals surface area contributed by atoms with Gasteiger partial charge in [-0.3, -0.25) is 0 Å². The third-order valence-corrected chi connectivity index (χ3v) is 3.98.